The van der Waals surface area contributed by atoms with Crippen LogP contribution in [0.5, 0.6) is 5.75 Å². The van der Waals surface area contributed by atoms with Crippen LogP contribution >= 0.6 is 15.9 Å². The Bertz CT molecular complexity index is 1150. The monoisotopic (exact) mass is 550 g/mol. The Hall–Kier alpha value is -3.12. The van der Waals surface area contributed by atoms with E-state index < -0.39 is 6.04 Å². The van der Waals surface area contributed by atoms with Gasteiger partial charge in [-0.05, 0) is 70.1 Å². The Morgan fingerprint density at radius 2 is 1.69 bits per heavy atom. The number of hydrogen-bond acceptors (Lipinski definition) is 3. The van der Waals surface area contributed by atoms with Gasteiger partial charge in [-0.2, -0.15) is 0 Å². The van der Waals surface area contributed by atoms with Crippen molar-refractivity contribution < 1.29 is 14.3 Å². The third kappa shape index (κ3) is 7.69. The van der Waals surface area contributed by atoms with Crippen molar-refractivity contribution in [1.82, 2.24) is 10.2 Å². The molecule has 0 spiro atoms. The molecule has 0 aliphatic carbocycles. The number of aryl methyl sites for hydroxylation is 2. The van der Waals surface area contributed by atoms with Crippen LogP contribution in [0.15, 0.2) is 77.3 Å². The first-order valence-corrected chi connectivity index (χ1v) is 13.3. The molecule has 0 aliphatic rings. The number of rotatable bonds is 12. The summed E-state index contributed by atoms with van der Waals surface area (Å²) in [6.45, 7) is 6.84. The van der Waals surface area contributed by atoms with Crippen LogP contribution in [0, 0.1) is 6.92 Å². The van der Waals surface area contributed by atoms with Crippen LogP contribution in [0.4, 0.5) is 0 Å². The fourth-order valence-corrected chi connectivity index (χ4v) is 4.54. The third-order valence-electron chi connectivity index (χ3n) is 6.18. The molecule has 3 aromatic rings. The van der Waals surface area contributed by atoms with Crippen molar-refractivity contribution in [3.05, 3.63) is 99.5 Å². The van der Waals surface area contributed by atoms with Gasteiger partial charge in [0.15, 0.2) is 6.61 Å². The van der Waals surface area contributed by atoms with Gasteiger partial charge in [0, 0.05) is 19.5 Å². The summed E-state index contributed by atoms with van der Waals surface area (Å²) in [4.78, 5) is 28.7. The van der Waals surface area contributed by atoms with E-state index >= 15 is 0 Å². The van der Waals surface area contributed by atoms with E-state index in [9.17, 15) is 9.59 Å². The molecule has 190 valence electrons. The number of benzene rings is 3. The Morgan fingerprint density at radius 3 is 2.36 bits per heavy atom. The SMILES string of the molecule is CCCNC(=O)[C@@H](Cc1ccccc1)N(Cc1ccccc1C)C(=O)COc1ccc(CC)cc1Br. The van der Waals surface area contributed by atoms with Crippen molar-refractivity contribution in [2.45, 2.75) is 52.6 Å². The first-order chi connectivity index (χ1) is 17.4. The molecule has 2 amide bonds. The lowest BCUT2D eigenvalue weighted by Gasteiger charge is -2.32. The number of carbonyl (C=O) groups is 2. The van der Waals surface area contributed by atoms with Gasteiger partial charge in [0.25, 0.3) is 5.91 Å². The van der Waals surface area contributed by atoms with Gasteiger partial charge in [0.05, 0.1) is 4.47 Å². The normalized spacial score (nSPS) is 11.6. The van der Waals surface area contributed by atoms with Gasteiger partial charge < -0.3 is 15.0 Å². The molecule has 0 unspecified atom stereocenters. The van der Waals surface area contributed by atoms with Crippen molar-refractivity contribution >= 4 is 27.7 Å². The van der Waals surface area contributed by atoms with Crippen molar-refractivity contribution in [2.75, 3.05) is 13.2 Å². The van der Waals surface area contributed by atoms with Gasteiger partial charge in [0.2, 0.25) is 5.91 Å². The molecule has 1 N–H and O–H groups in total. The Morgan fingerprint density at radius 1 is 0.972 bits per heavy atom. The van der Waals surface area contributed by atoms with E-state index in [2.05, 4.69) is 28.2 Å². The molecule has 3 rings (SSSR count). The average molecular weight is 552 g/mol. The highest BCUT2D eigenvalue weighted by molar-refractivity contribution is 9.10. The van der Waals surface area contributed by atoms with Gasteiger partial charge in [-0.1, -0.05) is 74.5 Å². The highest BCUT2D eigenvalue weighted by Gasteiger charge is 2.31. The summed E-state index contributed by atoms with van der Waals surface area (Å²) in [6.07, 6.45) is 2.15. The molecule has 0 bridgehead atoms. The van der Waals surface area contributed by atoms with Crippen molar-refractivity contribution in [1.29, 1.82) is 0 Å². The van der Waals surface area contributed by atoms with Gasteiger partial charge in [-0.3, -0.25) is 9.59 Å². The van der Waals surface area contributed by atoms with Crippen molar-refractivity contribution in [3.63, 3.8) is 0 Å². The summed E-state index contributed by atoms with van der Waals surface area (Å²) in [7, 11) is 0. The lowest BCUT2D eigenvalue weighted by molar-refractivity contribution is -0.142. The van der Waals surface area contributed by atoms with Crippen LogP contribution in [0.1, 0.15) is 42.5 Å². The van der Waals surface area contributed by atoms with E-state index in [0.29, 0.717) is 25.3 Å². The molecule has 36 heavy (non-hydrogen) atoms. The molecular formula is C30H35BrN2O3. The molecule has 3 aromatic carbocycles. The van der Waals surface area contributed by atoms with Crippen LogP contribution in [0.3, 0.4) is 0 Å². The maximum atomic E-state index is 13.7. The second-order valence-corrected chi connectivity index (χ2v) is 9.71. The highest BCUT2D eigenvalue weighted by atomic mass is 79.9. The van der Waals surface area contributed by atoms with Crippen LogP contribution in [0.25, 0.3) is 0 Å². The molecule has 0 saturated heterocycles. The minimum atomic E-state index is -0.666. The fraction of sp³-hybridized carbons (Fsp3) is 0.333. The summed E-state index contributed by atoms with van der Waals surface area (Å²) < 4.78 is 6.75. The van der Waals surface area contributed by atoms with Crippen LogP contribution in [-0.2, 0) is 29.0 Å². The number of nitrogens with one attached hydrogen (secondary N) is 1. The first kappa shape index (κ1) is 27.5. The molecule has 0 heterocycles. The summed E-state index contributed by atoms with van der Waals surface area (Å²) in [5.74, 6) is 0.208. The second-order valence-electron chi connectivity index (χ2n) is 8.85. The Kier molecular flexibility index (Phi) is 10.6. The maximum Gasteiger partial charge on any atom is 0.261 e. The van der Waals surface area contributed by atoms with Gasteiger partial charge in [-0.15, -0.1) is 0 Å². The second kappa shape index (κ2) is 13.8. The van der Waals surface area contributed by atoms with Gasteiger partial charge in [-0.25, -0.2) is 0 Å². The summed E-state index contributed by atoms with van der Waals surface area (Å²) in [6, 6.07) is 23.0. The predicted octanol–water partition coefficient (Wildman–Crippen LogP) is 5.87. The number of nitrogens with zero attached hydrogens (tertiary/aromatic N) is 1. The Labute approximate surface area is 223 Å². The zero-order chi connectivity index (χ0) is 25.9. The van der Waals surface area contributed by atoms with E-state index in [0.717, 1.165) is 34.0 Å². The zero-order valence-electron chi connectivity index (χ0n) is 21.3. The number of amides is 2. The minimum Gasteiger partial charge on any atom is -0.483 e. The quantitative estimate of drug-likeness (QED) is 0.307. The summed E-state index contributed by atoms with van der Waals surface area (Å²) in [5, 5.41) is 3.00. The molecule has 0 aromatic heterocycles. The molecule has 0 aliphatic heterocycles. The average Bonchev–Trinajstić information content (AvgIpc) is 2.89. The molecule has 0 radical (unpaired) electrons. The van der Waals surface area contributed by atoms with Crippen LogP contribution in [-0.4, -0.2) is 35.9 Å². The zero-order valence-corrected chi connectivity index (χ0v) is 22.9. The fourth-order valence-electron chi connectivity index (χ4n) is 3.99. The van der Waals surface area contributed by atoms with E-state index in [1.807, 2.05) is 86.6 Å². The topological polar surface area (TPSA) is 58.6 Å². The van der Waals surface area contributed by atoms with E-state index in [4.69, 9.17) is 4.74 Å². The number of ether oxygens (including phenoxy) is 1. The number of carbonyl (C=O) groups excluding carboxylic acids is 2. The first-order valence-electron chi connectivity index (χ1n) is 12.5. The number of hydrogen-bond donors (Lipinski definition) is 1. The van der Waals surface area contributed by atoms with Gasteiger partial charge >= 0.3 is 0 Å². The summed E-state index contributed by atoms with van der Waals surface area (Å²) in [5.41, 5.74) is 4.25. The largest absolute Gasteiger partial charge is 0.483 e. The standard InChI is InChI=1S/C30H35BrN2O3/c1-4-17-32-30(35)27(19-24-12-7-6-8-13-24)33(20-25-14-10-9-11-22(25)3)29(34)21-36-28-16-15-23(5-2)18-26(28)31/h6-16,18,27H,4-5,17,19-21H2,1-3H3,(H,32,35)/t27-/m1/s1. The van der Waals surface area contributed by atoms with Crippen LogP contribution in [0.2, 0.25) is 0 Å². The number of halogens is 1. The van der Waals surface area contributed by atoms with Crippen LogP contribution < -0.4 is 10.1 Å². The molecule has 1 atom stereocenters. The van der Waals surface area contributed by atoms with E-state index in [1.54, 1.807) is 4.90 Å². The third-order valence-corrected chi connectivity index (χ3v) is 6.80. The molecule has 6 heteroatoms. The highest BCUT2D eigenvalue weighted by Crippen LogP contribution is 2.26. The van der Waals surface area contributed by atoms with E-state index in [1.165, 1.54) is 5.56 Å². The Balaban J connectivity index is 1.90. The molecule has 0 fully saturated rings. The van der Waals surface area contributed by atoms with Crippen molar-refractivity contribution in [2.24, 2.45) is 0 Å². The lowest BCUT2D eigenvalue weighted by atomic mass is 10.0. The molecule has 0 saturated carbocycles. The van der Waals surface area contributed by atoms with E-state index in [-0.39, 0.29) is 18.4 Å². The van der Waals surface area contributed by atoms with Gasteiger partial charge in [0.1, 0.15) is 11.8 Å². The summed E-state index contributed by atoms with van der Waals surface area (Å²) >= 11 is 3.55. The lowest BCUT2D eigenvalue weighted by Crippen LogP contribution is -2.51. The van der Waals surface area contributed by atoms with Crippen molar-refractivity contribution in [3.8, 4) is 5.75 Å². The predicted molar refractivity (Wildman–Crippen MR) is 148 cm³/mol. The molecular weight excluding hydrogens is 516 g/mol. The minimum absolute atomic E-state index is 0.156. The molecule has 5 nitrogen and oxygen atoms in total. The smallest absolute Gasteiger partial charge is 0.261 e. The maximum absolute atomic E-state index is 13.7.